The Bertz CT molecular complexity index is 628. The number of anilines is 2. The van der Waals surface area contributed by atoms with E-state index < -0.39 is 0 Å². The maximum absolute atomic E-state index is 11.1. The predicted molar refractivity (Wildman–Crippen MR) is 77.1 cm³/mol. The fourth-order valence-corrected chi connectivity index (χ4v) is 2.46. The van der Waals surface area contributed by atoms with Crippen LogP contribution in [0.1, 0.15) is 17.4 Å². The minimum atomic E-state index is -0.0860. The molecule has 1 aromatic carbocycles. The molecule has 5 heteroatoms. The van der Waals surface area contributed by atoms with Gasteiger partial charge in [0.05, 0.1) is 23.5 Å². The number of carbonyl (C=O) groups excluding carboxylic acids is 1. The van der Waals surface area contributed by atoms with Crippen LogP contribution in [0.3, 0.4) is 0 Å². The highest BCUT2D eigenvalue weighted by molar-refractivity contribution is 7.10. The van der Waals surface area contributed by atoms with Gasteiger partial charge in [-0.3, -0.25) is 4.79 Å². The smallest absolute Gasteiger partial charge is 0.221 e. The van der Waals surface area contributed by atoms with Gasteiger partial charge >= 0.3 is 0 Å². The first kappa shape index (κ1) is 13.1. The molecule has 0 spiro atoms. The summed E-state index contributed by atoms with van der Waals surface area (Å²) in [4.78, 5) is 12.1. The number of carbonyl (C=O) groups is 1. The molecule has 1 heterocycles. The highest BCUT2D eigenvalue weighted by atomic mass is 32.1. The van der Waals surface area contributed by atoms with E-state index in [4.69, 9.17) is 5.26 Å². The molecule has 1 amide bonds. The molecule has 0 bridgehead atoms. The SMILES string of the molecule is CC(=O)Nc1ccsc1CNc1ccccc1C#N. The maximum Gasteiger partial charge on any atom is 0.221 e. The standard InChI is InChI=1S/C14H13N3OS/c1-10(18)17-13-6-7-19-14(13)9-16-12-5-3-2-4-11(12)8-15/h2-7,16H,9H2,1H3,(H,17,18). The quantitative estimate of drug-likeness (QED) is 0.897. The molecule has 0 unspecified atom stereocenters. The Morgan fingerprint density at radius 2 is 2.11 bits per heavy atom. The van der Waals surface area contributed by atoms with Crippen molar-refractivity contribution in [3.8, 4) is 6.07 Å². The van der Waals surface area contributed by atoms with Gasteiger partial charge in [-0.1, -0.05) is 12.1 Å². The summed E-state index contributed by atoms with van der Waals surface area (Å²) in [6.45, 7) is 2.06. The van der Waals surface area contributed by atoms with Crippen molar-refractivity contribution in [3.63, 3.8) is 0 Å². The lowest BCUT2D eigenvalue weighted by Gasteiger charge is -2.08. The Hall–Kier alpha value is -2.32. The van der Waals surface area contributed by atoms with Crippen molar-refractivity contribution < 1.29 is 4.79 Å². The molecule has 2 rings (SSSR count). The van der Waals surface area contributed by atoms with E-state index in [2.05, 4.69) is 16.7 Å². The number of benzene rings is 1. The highest BCUT2D eigenvalue weighted by Gasteiger charge is 2.06. The minimum Gasteiger partial charge on any atom is -0.379 e. The predicted octanol–water partition coefficient (Wildman–Crippen LogP) is 3.19. The number of hydrogen-bond donors (Lipinski definition) is 2. The zero-order valence-corrected chi connectivity index (χ0v) is 11.3. The van der Waals surface area contributed by atoms with Crippen molar-refractivity contribution >= 4 is 28.6 Å². The van der Waals surface area contributed by atoms with Crippen LogP contribution in [0, 0.1) is 11.3 Å². The van der Waals surface area contributed by atoms with Gasteiger partial charge < -0.3 is 10.6 Å². The molecule has 4 nitrogen and oxygen atoms in total. The van der Waals surface area contributed by atoms with Crippen LogP contribution in [0.4, 0.5) is 11.4 Å². The van der Waals surface area contributed by atoms with Crippen LogP contribution in [0.25, 0.3) is 0 Å². The van der Waals surface area contributed by atoms with Crippen LogP contribution < -0.4 is 10.6 Å². The summed E-state index contributed by atoms with van der Waals surface area (Å²) in [5, 5.41) is 16.9. The first-order chi connectivity index (χ1) is 9.20. The molecule has 0 aliphatic heterocycles. The Labute approximate surface area is 115 Å². The van der Waals surface area contributed by atoms with Crippen LogP contribution in [0.15, 0.2) is 35.7 Å². The summed E-state index contributed by atoms with van der Waals surface area (Å²) >= 11 is 1.56. The number of amides is 1. The summed E-state index contributed by atoms with van der Waals surface area (Å²) in [5.74, 6) is -0.0860. The number of rotatable bonds is 4. The van der Waals surface area contributed by atoms with E-state index in [-0.39, 0.29) is 5.91 Å². The zero-order chi connectivity index (χ0) is 13.7. The van der Waals surface area contributed by atoms with E-state index >= 15 is 0 Å². The molecular formula is C14H13N3OS. The zero-order valence-electron chi connectivity index (χ0n) is 10.4. The summed E-state index contributed by atoms with van der Waals surface area (Å²) in [6, 6.07) is 11.4. The normalized spacial score (nSPS) is 9.68. The van der Waals surface area contributed by atoms with E-state index in [9.17, 15) is 4.79 Å². The lowest BCUT2D eigenvalue weighted by atomic mass is 10.2. The van der Waals surface area contributed by atoms with Gasteiger partial charge in [-0.05, 0) is 23.6 Å². The van der Waals surface area contributed by atoms with E-state index in [1.165, 1.54) is 6.92 Å². The number of nitriles is 1. The lowest BCUT2D eigenvalue weighted by molar-refractivity contribution is -0.114. The Balaban J connectivity index is 2.09. The molecule has 0 saturated heterocycles. The maximum atomic E-state index is 11.1. The summed E-state index contributed by atoms with van der Waals surface area (Å²) < 4.78 is 0. The van der Waals surface area contributed by atoms with Crippen molar-refractivity contribution in [2.45, 2.75) is 13.5 Å². The fourth-order valence-electron chi connectivity index (χ4n) is 1.69. The highest BCUT2D eigenvalue weighted by Crippen LogP contribution is 2.24. The average molecular weight is 271 g/mol. The molecule has 2 N–H and O–H groups in total. The van der Waals surface area contributed by atoms with Crippen molar-refractivity contribution in [2.75, 3.05) is 10.6 Å². The topological polar surface area (TPSA) is 64.9 Å². The largest absolute Gasteiger partial charge is 0.379 e. The second kappa shape index (κ2) is 6.03. The Morgan fingerprint density at radius 1 is 1.32 bits per heavy atom. The molecular weight excluding hydrogens is 258 g/mol. The summed E-state index contributed by atoms with van der Waals surface area (Å²) in [7, 11) is 0. The fraction of sp³-hybridized carbons (Fsp3) is 0.143. The van der Waals surface area contributed by atoms with E-state index in [1.807, 2.05) is 29.6 Å². The van der Waals surface area contributed by atoms with E-state index in [0.717, 1.165) is 16.3 Å². The van der Waals surface area contributed by atoms with Gasteiger partial charge in [-0.2, -0.15) is 5.26 Å². The van der Waals surface area contributed by atoms with Crippen LogP contribution >= 0.6 is 11.3 Å². The van der Waals surface area contributed by atoms with Crippen molar-refractivity contribution in [3.05, 3.63) is 46.2 Å². The third-order valence-corrected chi connectivity index (χ3v) is 3.46. The van der Waals surface area contributed by atoms with Crippen molar-refractivity contribution in [1.82, 2.24) is 0 Å². The van der Waals surface area contributed by atoms with Gasteiger partial charge in [0.2, 0.25) is 5.91 Å². The molecule has 0 fully saturated rings. The molecule has 0 aliphatic rings. The molecule has 0 atom stereocenters. The van der Waals surface area contributed by atoms with Crippen LogP contribution in [-0.4, -0.2) is 5.91 Å². The number of nitrogens with one attached hydrogen (secondary N) is 2. The first-order valence-corrected chi connectivity index (χ1v) is 6.65. The monoisotopic (exact) mass is 271 g/mol. The van der Waals surface area contributed by atoms with Crippen LogP contribution in [0.5, 0.6) is 0 Å². The molecule has 0 aliphatic carbocycles. The van der Waals surface area contributed by atoms with Crippen molar-refractivity contribution in [1.29, 1.82) is 5.26 Å². The number of para-hydroxylation sites is 1. The van der Waals surface area contributed by atoms with Gasteiger partial charge in [-0.15, -0.1) is 11.3 Å². The Kier molecular flexibility index (Phi) is 4.16. The van der Waals surface area contributed by atoms with Crippen molar-refractivity contribution in [2.24, 2.45) is 0 Å². The average Bonchev–Trinajstić information content (AvgIpc) is 2.83. The molecule has 2 aromatic rings. The third-order valence-electron chi connectivity index (χ3n) is 2.54. The minimum absolute atomic E-state index is 0.0860. The molecule has 19 heavy (non-hydrogen) atoms. The number of nitrogens with zero attached hydrogens (tertiary/aromatic N) is 1. The second-order valence-electron chi connectivity index (χ2n) is 3.95. The molecule has 0 radical (unpaired) electrons. The van der Waals surface area contributed by atoms with E-state index in [0.29, 0.717) is 12.1 Å². The third kappa shape index (κ3) is 3.33. The molecule has 0 saturated carbocycles. The summed E-state index contributed by atoms with van der Waals surface area (Å²) in [5.41, 5.74) is 2.23. The number of thiophene rings is 1. The second-order valence-corrected chi connectivity index (χ2v) is 4.95. The van der Waals surface area contributed by atoms with Gasteiger partial charge in [0.25, 0.3) is 0 Å². The van der Waals surface area contributed by atoms with Gasteiger partial charge in [0.15, 0.2) is 0 Å². The molecule has 1 aromatic heterocycles. The van der Waals surface area contributed by atoms with Gasteiger partial charge in [0, 0.05) is 11.8 Å². The van der Waals surface area contributed by atoms with Crippen LogP contribution in [-0.2, 0) is 11.3 Å². The summed E-state index contributed by atoms with van der Waals surface area (Å²) in [6.07, 6.45) is 0. The van der Waals surface area contributed by atoms with Gasteiger partial charge in [0.1, 0.15) is 6.07 Å². The first-order valence-electron chi connectivity index (χ1n) is 5.77. The lowest BCUT2D eigenvalue weighted by Crippen LogP contribution is -2.08. The van der Waals surface area contributed by atoms with Gasteiger partial charge in [-0.25, -0.2) is 0 Å². The van der Waals surface area contributed by atoms with E-state index in [1.54, 1.807) is 17.4 Å². The molecule has 96 valence electrons. The Morgan fingerprint density at radius 3 is 2.84 bits per heavy atom. The number of hydrogen-bond acceptors (Lipinski definition) is 4. The van der Waals surface area contributed by atoms with Crippen LogP contribution in [0.2, 0.25) is 0 Å².